The van der Waals surface area contributed by atoms with E-state index in [1.165, 1.54) is 11.1 Å². The van der Waals surface area contributed by atoms with E-state index < -0.39 is 0 Å². The largest absolute Gasteiger partial charge is 0.490 e. The van der Waals surface area contributed by atoms with Crippen LogP contribution in [0, 0.1) is 0 Å². The Labute approximate surface area is 154 Å². The first-order chi connectivity index (χ1) is 12.9. The van der Waals surface area contributed by atoms with E-state index in [-0.39, 0.29) is 0 Å². The van der Waals surface area contributed by atoms with Crippen molar-refractivity contribution >= 4 is 0 Å². The first-order valence-electron chi connectivity index (χ1n) is 9.18. The van der Waals surface area contributed by atoms with E-state index in [1.807, 2.05) is 54.6 Å². The zero-order chi connectivity index (χ0) is 17.6. The summed E-state index contributed by atoms with van der Waals surface area (Å²) < 4.78 is 12.0. The number of piperidine rings is 1. The number of hydrogen-bond donors (Lipinski definition) is 1. The molecule has 0 spiro atoms. The van der Waals surface area contributed by atoms with Gasteiger partial charge in [0.1, 0.15) is 23.4 Å². The molecule has 26 heavy (non-hydrogen) atoms. The Morgan fingerprint density at radius 2 is 1.15 bits per heavy atom. The maximum absolute atomic E-state index is 6.03. The Morgan fingerprint density at radius 1 is 0.615 bits per heavy atom. The topological polar surface area (TPSA) is 30.5 Å². The molecule has 0 aromatic heterocycles. The highest BCUT2D eigenvalue weighted by atomic mass is 16.5. The third-order valence-corrected chi connectivity index (χ3v) is 4.61. The van der Waals surface area contributed by atoms with Crippen molar-refractivity contribution in [3.8, 4) is 28.4 Å². The summed E-state index contributed by atoms with van der Waals surface area (Å²) in [6.07, 6.45) is 2.44. The molecule has 132 valence electrons. The molecular formula is C23H23NO2. The second-order valence-electron chi connectivity index (χ2n) is 6.53. The van der Waals surface area contributed by atoms with Gasteiger partial charge in [0, 0.05) is 0 Å². The van der Waals surface area contributed by atoms with Gasteiger partial charge in [-0.3, -0.25) is 0 Å². The molecule has 1 aliphatic rings. The first kappa shape index (κ1) is 16.7. The smallest absolute Gasteiger partial charge is 0.127 e. The molecule has 0 saturated carbocycles. The molecule has 0 aliphatic carbocycles. The Hall–Kier alpha value is -2.78. The fraction of sp³-hybridized carbons (Fsp3) is 0.217. The Bertz CT molecular complexity index is 807. The van der Waals surface area contributed by atoms with Crippen LogP contribution in [0.5, 0.6) is 17.2 Å². The van der Waals surface area contributed by atoms with Gasteiger partial charge < -0.3 is 14.8 Å². The van der Waals surface area contributed by atoms with Crippen molar-refractivity contribution in [1.29, 1.82) is 0 Å². The molecule has 3 heteroatoms. The molecule has 1 N–H and O–H groups in total. The number of benzene rings is 3. The Balaban J connectivity index is 1.38. The van der Waals surface area contributed by atoms with Gasteiger partial charge in [0.25, 0.3) is 0 Å². The molecule has 1 aliphatic heterocycles. The molecule has 0 amide bonds. The van der Waals surface area contributed by atoms with Crippen LogP contribution < -0.4 is 14.8 Å². The van der Waals surface area contributed by atoms with Gasteiger partial charge in [0.05, 0.1) is 0 Å². The zero-order valence-corrected chi connectivity index (χ0v) is 14.7. The Morgan fingerprint density at radius 3 is 1.81 bits per heavy atom. The lowest BCUT2D eigenvalue weighted by atomic mass is 10.1. The van der Waals surface area contributed by atoms with Crippen LogP contribution in [0.1, 0.15) is 12.8 Å². The van der Waals surface area contributed by atoms with Crippen LogP contribution in [0.3, 0.4) is 0 Å². The quantitative estimate of drug-likeness (QED) is 0.683. The fourth-order valence-corrected chi connectivity index (χ4v) is 3.17. The average Bonchev–Trinajstić information content (AvgIpc) is 2.72. The molecule has 0 atom stereocenters. The normalized spacial score (nSPS) is 14.8. The van der Waals surface area contributed by atoms with Crippen LogP contribution in [-0.2, 0) is 0 Å². The molecule has 3 aromatic rings. The molecule has 4 rings (SSSR count). The molecule has 1 fully saturated rings. The van der Waals surface area contributed by atoms with Crippen LogP contribution in [-0.4, -0.2) is 19.2 Å². The number of ether oxygens (including phenoxy) is 2. The highest BCUT2D eigenvalue weighted by Gasteiger charge is 2.14. The lowest BCUT2D eigenvalue weighted by Gasteiger charge is -2.23. The summed E-state index contributed by atoms with van der Waals surface area (Å²) >= 11 is 0. The lowest BCUT2D eigenvalue weighted by molar-refractivity contribution is 0.162. The van der Waals surface area contributed by atoms with E-state index in [9.17, 15) is 0 Å². The minimum Gasteiger partial charge on any atom is -0.490 e. The second kappa shape index (κ2) is 8.07. The minimum atomic E-state index is 0.313. The highest BCUT2D eigenvalue weighted by molar-refractivity contribution is 5.64. The van der Waals surface area contributed by atoms with Crippen molar-refractivity contribution in [3.63, 3.8) is 0 Å². The summed E-state index contributed by atoms with van der Waals surface area (Å²) in [6.45, 7) is 2.07. The summed E-state index contributed by atoms with van der Waals surface area (Å²) in [5.74, 6) is 2.55. The van der Waals surface area contributed by atoms with Gasteiger partial charge in [-0.15, -0.1) is 0 Å². The van der Waals surface area contributed by atoms with Crippen molar-refractivity contribution in [3.05, 3.63) is 78.9 Å². The zero-order valence-electron chi connectivity index (χ0n) is 14.7. The van der Waals surface area contributed by atoms with Gasteiger partial charge >= 0.3 is 0 Å². The molecular weight excluding hydrogens is 322 g/mol. The summed E-state index contributed by atoms with van der Waals surface area (Å²) in [6, 6.07) is 26.4. The van der Waals surface area contributed by atoms with E-state index in [4.69, 9.17) is 9.47 Å². The first-order valence-corrected chi connectivity index (χ1v) is 9.18. The number of hydrogen-bond acceptors (Lipinski definition) is 3. The molecule has 3 nitrogen and oxygen atoms in total. The van der Waals surface area contributed by atoms with E-state index >= 15 is 0 Å². The van der Waals surface area contributed by atoms with Crippen molar-refractivity contribution < 1.29 is 9.47 Å². The van der Waals surface area contributed by atoms with Crippen molar-refractivity contribution in [1.82, 2.24) is 5.32 Å². The summed E-state index contributed by atoms with van der Waals surface area (Å²) in [5.41, 5.74) is 2.39. The maximum atomic E-state index is 6.03. The van der Waals surface area contributed by atoms with Crippen LogP contribution >= 0.6 is 0 Å². The van der Waals surface area contributed by atoms with Crippen LogP contribution in [0.2, 0.25) is 0 Å². The van der Waals surface area contributed by atoms with Crippen molar-refractivity contribution in [2.24, 2.45) is 0 Å². The fourth-order valence-electron chi connectivity index (χ4n) is 3.17. The number of nitrogens with one attached hydrogen (secondary N) is 1. The van der Waals surface area contributed by atoms with Crippen molar-refractivity contribution in [2.75, 3.05) is 13.1 Å². The van der Waals surface area contributed by atoms with Gasteiger partial charge in [-0.1, -0.05) is 42.5 Å². The van der Waals surface area contributed by atoms with Gasteiger partial charge in [-0.2, -0.15) is 0 Å². The minimum absolute atomic E-state index is 0.313. The SMILES string of the molecule is c1ccc(-c2ccc(Oc3ccc(OC4CCNCC4)cc3)cc2)cc1. The third kappa shape index (κ3) is 4.24. The number of rotatable bonds is 5. The standard InChI is InChI=1S/C23H23NO2/c1-2-4-18(5-3-1)19-6-8-20(9-7-19)25-21-10-12-22(13-11-21)26-23-14-16-24-17-15-23/h1-13,23-24H,14-17H2. The van der Waals surface area contributed by atoms with Crippen molar-refractivity contribution in [2.45, 2.75) is 18.9 Å². The molecule has 0 radical (unpaired) electrons. The molecule has 1 saturated heterocycles. The van der Waals surface area contributed by atoms with Crippen LogP contribution in [0.4, 0.5) is 0 Å². The third-order valence-electron chi connectivity index (χ3n) is 4.61. The lowest BCUT2D eigenvalue weighted by Crippen LogP contribution is -2.34. The second-order valence-corrected chi connectivity index (χ2v) is 6.53. The predicted molar refractivity (Wildman–Crippen MR) is 105 cm³/mol. The van der Waals surface area contributed by atoms with E-state index in [2.05, 4.69) is 29.6 Å². The van der Waals surface area contributed by atoms with Gasteiger partial charge in [-0.25, -0.2) is 0 Å². The maximum Gasteiger partial charge on any atom is 0.127 e. The van der Waals surface area contributed by atoms with E-state index in [1.54, 1.807) is 0 Å². The van der Waals surface area contributed by atoms with E-state index in [0.717, 1.165) is 43.2 Å². The van der Waals surface area contributed by atoms with Gasteiger partial charge in [-0.05, 0) is 73.5 Å². The Kier molecular flexibility index (Phi) is 5.17. The molecule has 0 unspecified atom stereocenters. The molecule has 3 aromatic carbocycles. The predicted octanol–water partition coefficient (Wildman–Crippen LogP) is 5.28. The van der Waals surface area contributed by atoms with Crippen LogP contribution in [0.15, 0.2) is 78.9 Å². The van der Waals surface area contributed by atoms with Gasteiger partial charge in [0.15, 0.2) is 0 Å². The average molecular weight is 345 g/mol. The van der Waals surface area contributed by atoms with E-state index in [0.29, 0.717) is 6.10 Å². The highest BCUT2D eigenvalue weighted by Crippen LogP contribution is 2.27. The van der Waals surface area contributed by atoms with Gasteiger partial charge in [0.2, 0.25) is 0 Å². The molecule has 0 bridgehead atoms. The summed E-state index contributed by atoms with van der Waals surface area (Å²) in [4.78, 5) is 0. The monoisotopic (exact) mass is 345 g/mol. The summed E-state index contributed by atoms with van der Waals surface area (Å²) in [5, 5.41) is 3.35. The van der Waals surface area contributed by atoms with Crippen LogP contribution in [0.25, 0.3) is 11.1 Å². The molecule has 1 heterocycles. The summed E-state index contributed by atoms with van der Waals surface area (Å²) in [7, 11) is 0.